The van der Waals surface area contributed by atoms with Gasteiger partial charge in [-0.3, -0.25) is 9.67 Å². The summed E-state index contributed by atoms with van der Waals surface area (Å²) in [5, 5.41) is 11.2. The van der Waals surface area contributed by atoms with Crippen molar-refractivity contribution in [1.82, 2.24) is 20.4 Å². The summed E-state index contributed by atoms with van der Waals surface area (Å²) in [6, 6.07) is 20.9. The molecule has 0 saturated heterocycles. The first-order valence-corrected chi connectivity index (χ1v) is 10.5. The molecule has 3 aromatic rings. The highest BCUT2D eigenvalue weighted by Gasteiger charge is 2.05. The van der Waals surface area contributed by atoms with Crippen LogP contribution in [0.1, 0.15) is 24.0 Å². The van der Waals surface area contributed by atoms with E-state index in [9.17, 15) is 0 Å². The molecule has 0 radical (unpaired) electrons. The molecule has 1 heterocycles. The molecule has 0 amide bonds. The average molecular weight is 532 g/mol. The normalized spacial score (nSPS) is 11.0. The molecule has 0 spiro atoms. The SMILES string of the molecule is CN=C(NCCCCN(C)c1ccccc1)NCc1ccccc1Cn1cccn1.I. The monoisotopic (exact) mass is 532 g/mol. The van der Waals surface area contributed by atoms with Gasteiger partial charge in [-0.05, 0) is 42.2 Å². The first kappa shape index (κ1) is 24.7. The Morgan fingerprint density at radius 3 is 2.42 bits per heavy atom. The molecule has 0 unspecified atom stereocenters. The Labute approximate surface area is 202 Å². The number of nitrogens with zero attached hydrogens (tertiary/aromatic N) is 4. The fraction of sp³-hybridized carbons (Fsp3) is 0.333. The lowest BCUT2D eigenvalue weighted by Gasteiger charge is -2.19. The van der Waals surface area contributed by atoms with Gasteiger partial charge < -0.3 is 15.5 Å². The predicted molar refractivity (Wildman–Crippen MR) is 140 cm³/mol. The predicted octanol–water partition coefficient (Wildman–Crippen LogP) is 4.13. The van der Waals surface area contributed by atoms with E-state index in [0.29, 0.717) is 0 Å². The van der Waals surface area contributed by atoms with Crippen molar-refractivity contribution in [3.63, 3.8) is 0 Å². The van der Waals surface area contributed by atoms with Gasteiger partial charge >= 0.3 is 0 Å². The lowest BCUT2D eigenvalue weighted by atomic mass is 10.1. The second kappa shape index (κ2) is 13.7. The van der Waals surface area contributed by atoms with Gasteiger partial charge in [-0.25, -0.2) is 0 Å². The zero-order valence-corrected chi connectivity index (χ0v) is 20.7. The molecular weight excluding hydrogens is 499 g/mol. The van der Waals surface area contributed by atoms with Gasteiger partial charge in [-0.2, -0.15) is 5.10 Å². The van der Waals surface area contributed by atoms with E-state index in [4.69, 9.17) is 0 Å². The number of hydrogen-bond acceptors (Lipinski definition) is 3. The molecule has 0 aliphatic heterocycles. The highest BCUT2D eigenvalue weighted by molar-refractivity contribution is 14.0. The first-order chi connectivity index (χ1) is 14.8. The van der Waals surface area contributed by atoms with Crippen molar-refractivity contribution >= 4 is 35.6 Å². The Morgan fingerprint density at radius 1 is 0.968 bits per heavy atom. The van der Waals surface area contributed by atoms with Crippen LogP contribution in [-0.2, 0) is 13.1 Å². The number of aromatic nitrogens is 2. The number of nitrogens with one attached hydrogen (secondary N) is 2. The molecule has 0 bridgehead atoms. The van der Waals surface area contributed by atoms with Crippen LogP contribution in [0.3, 0.4) is 0 Å². The number of unbranched alkanes of at least 4 members (excludes halogenated alkanes) is 1. The van der Waals surface area contributed by atoms with Gasteiger partial charge in [0.2, 0.25) is 0 Å². The summed E-state index contributed by atoms with van der Waals surface area (Å²) in [5.41, 5.74) is 3.77. The quantitative estimate of drug-likeness (QED) is 0.179. The number of guanidine groups is 1. The van der Waals surface area contributed by atoms with Crippen molar-refractivity contribution in [1.29, 1.82) is 0 Å². The van der Waals surface area contributed by atoms with Gasteiger partial charge in [-0.1, -0.05) is 42.5 Å². The van der Waals surface area contributed by atoms with Crippen molar-refractivity contribution in [2.75, 3.05) is 32.1 Å². The van der Waals surface area contributed by atoms with E-state index in [2.05, 4.69) is 87.3 Å². The molecule has 0 atom stereocenters. The minimum absolute atomic E-state index is 0. The number of anilines is 1. The maximum absolute atomic E-state index is 4.36. The number of hydrogen-bond donors (Lipinski definition) is 2. The molecule has 0 aliphatic carbocycles. The van der Waals surface area contributed by atoms with E-state index >= 15 is 0 Å². The van der Waals surface area contributed by atoms with E-state index in [1.807, 2.05) is 30.2 Å². The molecule has 31 heavy (non-hydrogen) atoms. The van der Waals surface area contributed by atoms with E-state index < -0.39 is 0 Å². The summed E-state index contributed by atoms with van der Waals surface area (Å²) in [7, 11) is 3.96. The van der Waals surface area contributed by atoms with Gasteiger partial charge in [-0.15, -0.1) is 24.0 Å². The van der Waals surface area contributed by atoms with Gasteiger partial charge in [0.15, 0.2) is 5.96 Å². The van der Waals surface area contributed by atoms with E-state index in [1.54, 1.807) is 0 Å². The molecule has 3 rings (SSSR count). The average Bonchev–Trinajstić information content (AvgIpc) is 3.30. The van der Waals surface area contributed by atoms with E-state index in [1.165, 1.54) is 16.8 Å². The molecule has 1 aromatic heterocycles. The molecular formula is C24H33IN6. The summed E-state index contributed by atoms with van der Waals surface area (Å²) < 4.78 is 1.94. The van der Waals surface area contributed by atoms with Crippen LogP contribution in [0.2, 0.25) is 0 Å². The number of halogens is 1. The van der Waals surface area contributed by atoms with Gasteiger partial charge in [0.1, 0.15) is 0 Å². The van der Waals surface area contributed by atoms with Crippen LogP contribution in [0.5, 0.6) is 0 Å². The Bertz CT molecular complexity index is 895. The molecule has 2 N–H and O–H groups in total. The maximum atomic E-state index is 4.36. The summed E-state index contributed by atoms with van der Waals surface area (Å²) in [6.45, 7) is 3.44. The van der Waals surface area contributed by atoms with Crippen molar-refractivity contribution in [2.24, 2.45) is 4.99 Å². The Hall–Kier alpha value is -2.55. The lowest BCUT2D eigenvalue weighted by Crippen LogP contribution is -2.37. The van der Waals surface area contributed by atoms with Gasteiger partial charge in [0, 0.05) is 51.8 Å². The van der Waals surface area contributed by atoms with Crippen LogP contribution >= 0.6 is 24.0 Å². The third kappa shape index (κ3) is 8.24. The van der Waals surface area contributed by atoms with Crippen molar-refractivity contribution < 1.29 is 0 Å². The number of para-hydroxylation sites is 1. The van der Waals surface area contributed by atoms with Gasteiger partial charge in [0.25, 0.3) is 0 Å². The fourth-order valence-corrected chi connectivity index (χ4v) is 3.34. The molecule has 2 aromatic carbocycles. The summed E-state index contributed by atoms with van der Waals surface area (Å²) in [4.78, 5) is 6.65. The summed E-state index contributed by atoms with van der Waals surface area (Å²) in [6.07, 6.45) is 6.01. The third-order valence-electron chi connectivity index (χ3n) is 5.09. The highest BCUT2D eigenvalue weighted by Crippen LogP contribution is 2.12. The Morgan fingerprint density at radius 2 is 1.71 bits per heavy atom. The Balaban J connectivity index is 0.00000341. The van der Waals surface area contributed by atoms with Crippen LogP contribution in [0.25, 0.3) is 0 Å². The van der Waals surface area contributed by atoms with Crippen molar-refractivity contribution in [2.45, 2.75) is 25.9 Å². The van der Waals surface area contributed by atoms with E-state index in [-0.39, 0.29) is 24.0 Å². The number of rotatable bonds is 10. The standard InChI is InChI=1S/C24H32N6.HI/c1-25-24(26-15-8-9-17-29(2)23-13-4-3-5-14-23)27-19-21-11-6-7-12-22(21)20-30-18-10-16-28-30;/h3-7,10-14,16,18H,8-9,15,17,19-20H2,1-2H3,(H2,25,26,27);1H. The van der Waals surface area contributed by atoms with Crippen LogP contribution in [0.4, 0.5) is 5.69 Å². The maximum Gasteiger partial charge on any atom is 0.191 e. The minimum atomic E-state index is 0. The molecule has 0 saturated carbocycles. The molecule has 166 valence electrons. The molecule has 7 heteroatoms. The zero-order valence-electron chi connectivity index (χ0n) is 18.4. The Kier molecular flexibility index (Phi) is 10.9. The fourth-order valence-electron chi connectivity index (χ4n) is 3.34. The van der Waals surface area contributed by atoms with Gasteiger partial charge in [0.05, 0.1) is 6.54 Å². The number of aliphatic imine (C=N–C) groups is 1. The first-order valence-electron chi connectivity index (χ1n) is 10.5. The van der Waals surface area contributed by atoms with Crippen LogP contribution in [-0.4, -0.2) is 42.9 Å². The number of benzene rings is 2. The smallest absolute Gasteiger partial charge is 0.191 e. The van der Waals surface area contributed by atoms with Crippen LogP contribution in [0.15, 0.2) is 78.0 Å². The zero-order chi connectivity index (χ0) is 21.0. The highest BCUT2D eigenvalue weighted by atomic mass is 127. The summed E-state index contributed by atoms with van der Waals surface area (Å²) >= 11 is 0. The second-order valence-corrected chi connectivity index (χ2v) is 7.29. The van der Waals surface area contributed by atoms with Crippen LogP contribution in [0, 0.1) is 0 Å². The lowest BCUT2D eigenvalue weighted by molar-refractivity contribution is 0.673. The summed E-state index contributed by atoms with van der Waals surface area (Å²) in [5.74, 6) is 0.834. The topological polar surface area (TPSA) is 57.5 Å². The van der Waals surface area contributed by atoms with E-state index in [0.717, 1.165) is 45.0 Å². The largest absolute Gasteiger partial charge is 0.375 e. The van der Waals surface area contributed by atoms with Crippen LogP contribution < -0.4 is 15.5 Å². The molecule has 6 nitrogen and oxygen atoms in total. The minimum Gasteiger partial charge on any atom is -0.375 e. The molecule has 0 aliphatic rings. The van der Waals surface area contributed by atoms with Crippen molar-refractivity contribution in [3.8, 4) is 0 Å². The second-order valence-electron chi connectivity index (χ2n) is 7.29. The third-order valence-corrected chi connectivity index (χ3v) is 5.09. The van der Waals surface area contributed by atoms with Crippen molar-refractivity contribution in [3.05, 3.63) is 84.2 Å². The molecule has 0 fully saturated rings.